The summed E-state index contributed by atoms with van der Waals surface area (Å²) in [5.41, 5.74) is -0.250. The summed E-state index contributed by atoms with van der Waals surface area (Å²) in [6.07, 6.45) is 0. The van der Waals surface area contributed by atoms with Crippen LogP contribution >= 0.6 is 0 Å². The van der Waals surface area contributed by atoms with Gasteiger partial charge < -0.3 is 10.6 Å². The van der Waals surface area contributed by atoms with Crippen molar-refractivity contribution in [2.45, 2.75) is 26.3 Å². The summed E-state index contributed by atoms with van der Waals surface area (Å²) < 4.78 is 0. The molecule has 4 nitrogen and oxygen atoms in total. The van der Waals surface area contributed by atoms with Crippen LogP contribution in [-0.2, 0) is 0 Å². The van der Waals surface area contributed by atoms with Crippen LogP contribution < -0.4 is 10.6 Å². The van der Waals surface area contributed by atoms with Crippen molar-refractivity contribution in [2.24, 2.45) is 0 Å². The normalized spacial score (nSPS) is 10.0. The van der Waals surface area contributed by atoms with E-state index in [9.17, 15) is 4.79 Å². The van der Waals surface area contributed by atoms with Crippen molar-refractivity contribution < 1.29 is 4.79 Å². The van der Waals surface area contributed by atoms with Gasteiger partial charge in [0.25, 0.3) is 0 Å². The van der Waals surface area contributed by atoms with Crippen LogP contribution in [0.5, 0.6) is 0 Å². The van der Waals surface area contributed by atoms with E-state index < -0.39 is 0 Å². The third-order valence-electron chi connectivity index (χ3n) is 0.817. The van der Waals surface area contributed by atoms with Gasteiger partial charge in [-0.05, 0) is 20.8 Å². The highest BCUT2D eigenvalue weighted by Gasteiger charge is 2.12. The molecule has 2 N–H and O–H groups in total. The zero-order valence-electron chi connectivity index (χ0n) is 7.06. The van der Waals surface area contributed by atoms with Gasteiger partial charge in [0.1, 0.15) is 6.54 Å². The number of nitrogens with zero attached hydrogens (tertiary/aromatic N) is 1. The molecule has 0 aromatic heterocycles. The molecule has 0 atom stereocenters. The number of hydrogen-bond acceptors (Lipinski definition) is 2. The van der Waals surface area contributed by atoms with E-state index in [-0.39, 0.29) is 18.1 Å². The highest BCUT2D eigenvalue weighted by atomic mass is 16.2. The number of hydrogen-bond donors (Lipinski definition) is 2. The minimum absolute atomic E-state index is 0.0436. The van der Waals surface area contributed by atoms with Crippen LogP contribution in [-0.4, -0.2) is 18.1 Å². The molecule has 0 aliphatic heterocycles. The zero-order chi connectivity index (χ0) is 8.91. The standard InChI is InChI=1S/C7H13N3O/c1-7(2,3)10-6(11)9-5-4-8/h5H2,1-3H3,(H2,9,10,11). The largest absolute Gasteiger partial charge is 0.334 e. The lowest BCUT2D eigenvalue weighted by Crippen LogP contribution is -2.46. The van der Waals surface area contributed by atoms with Crippen molar-refractivity contribution in [1.82, 2.24) is 10.6 Å². The average molecular weight is 155 g/mol. The molecule has 0 fully saturated rings. The van der Waals surface area contributed by atoms with Gasteiger partial charge in [-0.15, -0.1) is 0 Å². The second-order valence-electron chi connectivity index (χ2n) is 3.22. The Hall–Kier alpha value is -1.24. The molecule has 0 unspecified atom stereocenters. The molecule has 0 aliphatic rings. The molecule has 2 amide bonds. The Balaban J connectivity index is 3.64. The Bertz CT molecular complexity index is 175. The summed E-state index contributed by atoms with van der Waals surface area (Å²) in [5, 5.41) is 13.2. The fraction of sp³-hybridized carbons (Fsp3) is 0.714. The molecule has 0 aromatic carbocycles. The molecule has 0 spiro atoms. The molecule has 0 saturated carbocycles. The Morgan fingerprint density at radius 2 is 2.09 bits per heavy atom. The van der Waals surface area contributed by atoms with Crippen molar-refractivity contribution in [3.63, 3.8) is 0 Å². The Kier molecular flexibility index (Phi) is 3.38. The minimum atomic E-state index is -0.306. The number of rotatable bonds is 1. The van der Waals surface area contributed by atoms with E-state index >= 15 is 0 Å². The van der Waals surface area contributed by atoms with Crippen molar-refractivity contribution in [3.05, 3.63) is 0 Å². The first kappa shape index (κ1) is 9.76. The monoisotopic (exact) mass is 155 g/mol. The summed E-state index contributed by atoms with van der Waals surface area (Å²) in [6, 6.07) is 1.51. The first-order valence-corrected chi connectivity index (χ1v) is 3.38. The lowest BCUT2D eigenvalue weighted by atomic mass is 10.1. The summed E-state index contributed by atoms with van der Waals surface area (Å²) in [5.74, 6) is 0. The van der Waals surface area contributed by atoms with Crippen LogP contribution in [0.3, 0.4) is 0 Å². The van der Waals surface area contributed by atoms with E-state index in [1.807, 2.05) is 26.8 Å². The number of amides is 2. The summed E-state index contributed by atoms with van der Waals surface area (Å²) in [7, 11) is 0. The van der Waals surface area contributed by atoms with E-state index in [1.54, 1.807) is 0 Å². The van der Waals surface area contributed by atoms with Gasteiger partial charge in [0.05, 0.1) is 6.07 Å². The quantitative estimate of drug-likeness (QED) is 0.545. The molecule has 0 aliphatic carbocycles. The van der Waals surface area contributed by atoms with Gasteiger partial charge in [-0.25, -0.2) is 4.79 Å². The second-order valence-corrected chi connectivity index (χ2v) is 3.22. The molecule has 0 bridgehead atoms. The van der Waals surface area contributed by atoms with E-state index in [0.29, 0.717) is 0 Å². The van der Waals surface area contributed by atoms with Gasteiger partial charge in [-0.2, -0.15) is 5.26 Å². The van der Waals surface area contributed by atoms with Gasteiger partial charge in [0.15, 0.2) is 0 Å². The lowest BCUT2D eigenvalue weighted by Gasteiger charge is -2.19. The smallest absolute Gasteiger partial charge is 0.316 e. The maximum absolute atomic E-state index is 10.8. The third kappa shape index (κ3) is 6.65. The first-order chi connectivity index (χ1) is 4.95. The SMILES string of the molecule is CC(C)(C)NC(=O)NCC#N. The van der Waals surface area contributed by atoms with Crippen LogP contribution in [0.2, 0.25) is 0 Å². The molecular formula is C7H13N3O. The highest BCUT2D eigenvalue weighted by molar-refractivity contribution is 5.74. The van der Waals surface area contributed by atoms with Crippen LogP contribution in [0.4, 0.5) is 4.79 Å². The van der Waals surface area contributed by atoms with E-state index in [1.165, 1.54) is 0 Å². The van der Waals surface area contributed by atoms with E-state index in [2.05, 4.69) is 10.6 Å². The van der Waals surface area contributed by atoms with Gasteiger partial charge in [0.2, 0.25) is 0 Å². The average Bonchev–Trinajstić information content (AvgIpc) is 1.79. The summed E-state index contributed by atoms with van der Waals surface area (Å²) in [6.45, 7) is 5.67. The molecule has 62 valence electrons. The number of carbonyl (C=O) groups is 1. The molecular weight excluding hydrogens is 142 g/mol. The molecule has 0 heterocycles. The minimum Gasteiger partial charge on any atom is -0.334 e. The van der Waals surface area contributed by atoms with Gasteiger partial charge in [0, 0.05) is 5.54 Å². The number of nitrogens with one attached hydrogen (secondary N) is 2. The second kappa shape index (κ2) is 3.81. The molecule has 0 aromatic rings. The maximum Gasteiger partial charge on any atom is 0.316 e. The number of carbonyl (C=O) groups excluding carboxylic acids is 1. The Morgan fingerprint density at radius 1 is 1.55 bits per heavy atom. The molecule has 0 saturated heterocycles. The maximum atomic E-state index is 10.8. The van der Waals surface area contributed by atoms with Crippen molar-refractivity contribution in [3.8, 4) is 6.07 Å². The fourth-order valence-corrected chi connectivity index (χ4v) is 0.505. The summed E-state index contributed by atoms with van der Waals surface area (Å²) in [4.78, 5) is 10.8. The van der Waals surface area contributed by atoms with E-state index in [4.69, 9.17) is 5.26 Å². The molecule has 0 radical (unpaired) electrons. The summed E-state index contributed by atoms with van der Waals surface area (Å²) >= 11 is 0. The predicted octanol–water partition coefficient (Wildman–Crippen LogP) is 0.608. The zero-order valence-corrected chi connectivity index (χ0v) is 7.06. The predicted molar refractivity (Wildman–Crippen MR) is 41.9 cm³/mol. The van der Waals surface area contributed by atoms with Gasteiger partial charge in [-0.3, -0.25) is 0 Å². The molecule has 11 heavy (non-hydrogen) atoms. The number of urea groups is 1. The van der Waals surface area contributed by atoms with Crippen LogP contribution in [0, 0.1) is 11.3 Å². The van der Waals surface area contributed by atoms with Crippen LogP contribution in [0.15, 0.2) is 0 Å². The fourth-order valence-electron chi connectivity index (χ4n) is 0.505. The van der Waals surface area contributed by atoms with Gasteiger partial charge >= 0.3 is 6.03 Å². The van der Waals surface area contributed by atoms with E-state index in [0.717, 1.165) is 0 Å². The van der Waals surface area contributed by atoms with Crippen molar-refractivity contribution in [2.75, 3.05) is 6.54 Å². The third-order valence-corrected chi connectivity index (χ3v) is 0.817. The van der Waals surface area contributed by atoms with Crippen molar-refractivity contribution in [1.29, 1.82) is 5.26 Å². The number of nitriles is 1. The Labute approximate surface area is 66.6 Å². The molecule has 4 heteroatoms. The highest BCUT2D eigenvalue weighted by Crippen LogP contribution is 1.96. The van der Waals surface area contributed by atoms with Crippen LogP contribution in [0.25, 0.3) is 0 Å². The topological polar surface area (TPSA) is 64.9 Å². The van der Waals surface area contributed by atoms with Crippen molar-refractivity contribution >= 4 is 6.03 Å². The first-order valence-electron chi connectivity index (χ1n) is 3.38. The molecule has 0 rings (SSSR count). The Morgan fingerprint density at radius 3 is 2.45 bits per heavy atom. The van der Waals surface area contributed by atoms with Crippen LogP contribution in [0.1, 0.15) is 20.8 Å². The van der Waals surface area contributed by atoms with Gasteiger partial charge in [-0.1, -0.05) is 0 Å². The lowest BCUT2D eigenvalue weighted by molar-refractivity contribution is 0.233.